The van der Waals surface area contributed by atoms with Gasteiger partial charge in [-0.2, -0.15) is 0 Å². The van der Waals surface area contributed by atoms with Gasteiger partial charge in [-0.1, -0.05) is 24.3 Å². The number of fused-ring (bicyclic) bond motifs is 11. The van der Waals surface area contributed by atoms with Crippen molar-refractivity contribution in [2.45, 2.75) is 19.4 Å². The molecule has 8 bridgehead atoms. The number of carbonyl (C=O) groups is 2. The van der Waals surface area contributed by atoms with Gasteiger partial charge in [0.15, 0.2) is 0 Å². The van der Waals surface area contributed by atoms with Gasteiger partial charge in [-0.15, -0.1) is 0 Å². The van der Waals surface area contributed by atoms with Crippen LogP contribution in [-0.2, 0) is 9.59 Å². The lowest BCUT2D eigenvalue weighted by Gasteiger charge is -2.00. The van der Waals surface area contributed by atoms with Crippen molar-refractivity contribution in [3.8, 4) is 22.5 Å². The van der Waals surface area contributed by atoms with E-state index in [1.807, 2.05) is 12.2 Å². The van der Waals surface area contributed by atoms with Gasteiger partial charge in [0.1, 0.15) is 11.8 Å². The first-order valence-corrected chi connectivity index (χ1v) is 11.8. The minimum Gasteiger partial charge on any atom is -0.480 e. The number of carboxylic acid groups (broad SMARTS) is 1. The minimum absolute atomic E-state index is 0.0880. The van der Waals surface area contributed by atoms with Gasteiger partial charge in [-0.3, -0.25) is 9.59 Å². The van der Waals surface area contributed by atoms with E-state index >= 15 is 0 Å². The van der Waals surface area contributed by atoms with Crippen molar-refractivity contribution >= 4 is 46.0 Å². The molecule has 0 saturated heterocycles. The van der Waals surface area contributed by atoms with Crippen molar-refractivity contribution < 1.29 is 14.7 Å². The first-order chi connectivity index (χ1) is 17.8. The van der Waals surface area contributed by atoms with Gasteiger partial charge in [0.05, 0.1) is 22.8 Å². The molecular weight excluding hydrogens is 466 g/mol. The number of carboxylic acids is 1. The van der Waals surface area contributed by atoms with Crippen LogP contribution in [0.3, 0.4) is 0 Å². The van der Waals surface area contributed by atoms with Crippen LogP contribution in [0.1, 0.15) is 24.7 Å². The number of hydrogen-bond acceptors (Lipinski definition) is 5. The summed E-state index contributed by atoms with van der Waals surface area (Å²) in [5, 5.41) is 8.15. The highest BCUT2D eigenvalue weighted by Crippen LogP contribution is 2.35. The van der Waals surface area contributed by atoms with Crippen molar-refractivity contribution in [1.29, 1.82) is 0 Å². The van der Waals surface area contributed by atoms with E-state index in [4.69, 9.17) is 15.8 Å². The largest absolute Gasteiger partial charge is 0.480 e. The molecule has 37 heavy (non-hydrogen) atoms. The van der Waals surface area contributed by atoms with Crippen LogP contribution in [0.15, 0.2) is 72.8 Å². The Hall–Kier alpha value is -4.82. The number of hydrogen-bond donors (Lipinski definition) is 4. The zero-order valence-electron chi connectivity index (χ0n) is 20.1. The van der Waals surface area contributed by atoms with Gasteiger partial charge < -0.3 is 20.8 Å². The van der Waals surface area contributed by atoms with E-state index in [-0.39, 0.29) is 12.2 Å². The maximum absolute atomic E-state index is 10.2. The Morgan fingerprint density at radius 3 is 1.65 bits per heavy atom. The number of H-pyrrole nitrogens is 2. The molecular formula is C29H25N5O3. The first kappa shape index (κ1) is 23.9. The Balaban J connectivity index is 0.000000270. The van der Waals surface area contributed by atoms with Crippen LogP contribution in [0.4, 0.5) is 0 Å². The van der Waals surface area contributed by atoms with Crippen molar-refractivity contribution in [3.05, 3.63) is 84.2 Å². The minimum atomic E-state index is -1.13. The smallest absolute Gasteiger partial charge is 0.320 e. The number of nitrogens with one attached hydrogen (secondary N) is 2. The molecule has 1 unspecified atom stereocenters. The highest BCUT2D eigenvalue weighted by Gasteiger charge is 2.15. The first-order valence-electron chi connectivity index (χ1n) is 11.8. The average molecular weight is 492 g/mol. The van der Waals surface area contributed by atoms with Gasteiger partial charge in [0.2, 0.25) is 0 Å². The molecule has 0 amide bonds. The second kappa shape index (κ2) is 10.0. The Labute approximate surface area is 212 Å². The lowest BCUT2D eigenvalue weighted by Crippen LogP contribution is -2.31. The van der Waals surface area contributed by atoms with Crippen molar-refractivity contribution in [2.24, 2.45) is 5.73 Å². The molecule has 0 radical (unpaired) electrons. The second-order valence-corrected chi connectivity index (χ2v) is 8.89. The molecule has 0 saturated carbocycles. The number of aromatic amines is 2. The lowest BCUT2D eigenvalue weighted by molar-refractivity contribution is -0.140. The van der Waals surface area contributed by atoms with Gasteiger partial charge in [0, 0.05) is 39.6 Å². The van der Waals surface area contributed by atoms with E-state index in [0.29, 0.717) is 0 Å². The van der Waals surface area contributed by atoms with E-state index in [2.05, 4.69) is 87.7 Å². The monoisotopic (exact) mass is 491 g/mol. The fourth-order valence-corrected chi connectivity index (χ4v) is 4.16. The van der Waals surface area contributed by atoms with Gasteiger partial charge >= 0.3 is 5.97 Å². The SMILES string of the molecule is C1=Cc2cc3ccc(cc4nc(cc5ccc(cc1n2)[nH]5)-c1ccccc1-4)[nH]3.CC(=O)CC(N)C(=O)O. The van der Waals surface area contributed by atoms with Crippen molar-refractivity contribution in [2.75, 3.05) is 0 Å². The summed E-state index contributed by atoms with van der Waals surface area (Å²) in [6.07, 6.45) is 3.97. The Morgan fingerprint density at radius 2 is 1.24 bits per heavy atom. The van der Waals surface area contributed by atoms with E-state index < -0.39 is 12.0 Å². The summed E-state index contributed by atoms with van der Waals surface area (Å²) in [5.74, 6) is -1.34. The van der Waals surface area contributed by atoms with Crippen LogP contribution in [0, 0.1) is 0 Å². The van der Waals surface area contributed by atoms with Crippen LogP contribution >= 0.6 is 0 Å². The van der Waals surface area contributed by atoms with E-state index in [0.717, 1.165) is 56.0 Å². The molecule has 8 nitrogen and oxygen atoms in total. The predicted octanol–water partition coefficient (Wildman–Crippen LogP) is 5.20. The van der Waals surface area contributed by atoms with Crippen molar-refractivity contribution in [3.63, 3.8) is 0 Å². The number of rotatable bonds is 3. The molecule has 2 aliphatic rings. The maximum Gasteiger partial charge on any atom is 0.320 e. The van der Waals surface area contributed by atoms with E-state index in [1.54, 1.807) is 0 Å². The molecule has 2 aliphatic heterocycles. The molecule has 8 heteroatoms. The van der Waals surface area contributed by atoms with Crippen LogP contribution in [0.2, 0.25) is 0 Å². The lowest BCUT2D eigenvalue weighted by atomic mass is 10.1. The van der Waals surface area contributed by atoms with Gasteiger partial charge in [-0.05, 0) is 67.6 Å². The molecule has 0 aliphatic carbocycles. The molecule has 6 rings (SSSR count). The third kappa shape index (κ3) is 5.55. The summed E-state index contributed by atoms with van der Waals surface area (Å²) in [7, 11) is 0. The quantitative estimate of drug-likeness (QED) is 0.269. The Morgan fingerprint density at radius 1 is 0.784 bits per heavy atom. The van der Waals surface area contributed by atoms with Crippen LogP contribution in [-0.4, -0.2) is 42.8 Å². The summed E-state index contributed by atoms with van der Waals surface area (Å²) in [6.45, 7) is 1.31. The molecule has 1 atom stereocenters. The molecule has 5 N–H and O–H groups in total. The second-order valence-electron chi connectivity index (χ2n) is 8.89. The highest BCUT2D eigenvalue weighted by molar-refractivity contribution is 5.87. The maximum atomic E-state index is 10.2. The third-order valence-corrected chi connectivity index (χ3v) is 5.88. The fourth-order valence-electron chi connectivity index (χ4n) is 4.16. The van der Waals surface area contributed by atoms with E-state index in [1.165, 1.54) is 6.92 Å². The Kier molecular flexibility index (Phi) is 6.49. The predicted molar refractivity (Wildman–Crippen MR) is 145 cm³/mol. The number of benzene rings is 1. The molecule has 184 valence electrons. The summed E-state index contributed by atoms with van der Waals surface area (Å²) >= 11 is 0. The number of carbonyl (C=O) groups excluding carboxylic acids is 1. The number of ketones is 1. The third-order valence-electron chi connectivity index (χ3n) is 5.88. The zero-order chi connectivity index (χ0) is 25.9. The van der Waals surface area contributed by atoms with Gasteiger partial charge in [0.25, 0.3) is 0 Å². The van der Waals surface area contributed by atoms with Crippen LogP contribution in [0.25, 0.3) is 56.7 Å². The summed E-state index contributed by atoms with van der Waals surface area (Å²) < 4.78 is 0. The summed E-state index contributed by atoms with van der Waals surface area (Å²) in [6, 6.07) is 23.9. The van der Waals surface area contributed by atoms with Crippen LogP contribution in [0.5, 0.6) is 0 Å². The number of Topliss-reactive ketones (excluding diaryl/α,β-unsaturated/α-hetero) is 1. The highest BCUT2D eigenvalue weighted by atomic mass is 16.4. The number of nitrogens with zero attached hydrogens (tertiary/aromatic N) is 2. The zero-order valence-corrected chi connectivity index (χ0v) is 20.1. The fraction of sp³-hybridized carbons (Fsp3) is 0.103. The summed E-state index contributed by atoms with van der Waals surface area (Å²) in [4.78, 5) is 36.6. The molecule has 0 spiro atoms. The average Bonchev–Trinajstić information content (AvgIpc) is 3.65. The van der Waals surface area contributed by atoms with Gasteiger partial charge in [-0.25, -0.2) is 9.97 Å². The number of aromatic nitrogens is 4. The normalized spacial score (nSPS) is 12.3. The molecule has 5 heterocycles. The topological polar surface area (TPSA) is 138 Å². The van der Waals surface area contributed by atoms with Crippen LogP contribution < -0.4 is 5.73 Å². The molecule has 0 fully saturated rings. The Bertz CT molecular complexity index is 1590. The summed E-state index contributed by atoms with van der Waals surface area (Å²) in [5.41, 5.74) is 15.2. The van der Waals surface area contributed by atoms with Crippen molar-refractivity contribution in [1.82, 2.24) is 19.9 Å². The number of nitrogens with two attached hydrogens (primary N) is 1. The van der Waals surface area contributed by atoms with E-state index in [9.17, 15) is 9.59 Å². The molecule has 3 aromatic heterocycles. The molecule has 1 aromatic carbocycles. The standard InChI is InChI=1S/C24H16N4.C5H9NO3/c1-2-4-22-21(3-1)23-13-19-9-7-17(26-19)11-15-5-6-16(25-15)12-18-8-10-20(27-18)14-24(22)28-23;1-3(7)2-4(6)5(8)9/h1-14,26-27H;4H,2,6H2,1H3,(H,8,9). The molecule has 4 aromatic rings. The number of aliphatic carboxylic acids is 1.